The van der Waals surface area contributed by atoms with Crippen molar-refractivity contribution in [2.45, 2.75) is 84.4 Å². The van der Waals surface area contributed by atoms with Crippen LogP contribution in [0.5, 0.6) is 0 Å². The molecule has 1 rings (SSSR count). The van der Waals surface area contributed by atoms with Crippen molar-refractivity contribution in [3.05, 3.63) is 27.7 Å². The third kappa shape index (κ3) is 8.17. The van der Waals surface area contributed by atoms with Gasteiger partial charge >= 0.3 is 0 Å². The Labute approximate surface area is 163 Å². The van der Waals surface area contributed by atoms with E-state index in [-0.39, 0.29) is 5.54 Å². The van der Waals surface area contributed by atoms with E-state index < -0.39 is 6.10 Å². The topological polar surface area (TPSA) is 44.3 Å². The molecule has 1 aromatic carbocycles. The van der Waals surface area contributed by atoms with E-state index in [0.29, 0.717) is 22.6 Å². The van der Waals surface area contributed by atoms with Crippen LogP contribution >= 0.6 is 23.2 Å². The van der Waals surface area contributed by atoms with Crippen molar-refractivity contribution >= 4 is 28.9 Å². The molecule has 5 heteroatoms. The molecular formula is C20H34Cl2N2O. The third-order valence-corrected chi connectivity index (χ3v) is 4.76. The van der Waals surface area contributed by atoms with Gasteiger partial charge in [-0.15, -0.1) is 0 Å². The lowest BCUT2D eigenvalue weighted by Gasteiger charge is -2.24. The monoisotopic (exact) mass is 388 g/mol. The molecule has 0 spiro atoms. The minimum Gasteiger partial charge on any atom is -0.387 e. The predicted molar refractivity (Wildman–Crippen MR) is 111 cm³/mol. The fourth-order valence-electron chi connectivity index (χ4n) is 2.74. The third-order valence-electron chi connectivity index (χ3n) is 4.17. The van der Waals surface area contributed by atoms with E-state index in [1.54, 1.807) is 0 Å². The van der Waals surface area contributed by atoms with Crippen molar-refractivity contribution in [3.63, 3.8) is 0 Å². The Hall–Kier alpha value is -0.480. The van der Waals surface area contributed by atoms with Crippen LogP contribution in [0.25, 0.3) is 0 Å². The van der Waals surface area contributed by atoms with Crippen molar-refractivity contribution in [1.82, 2.24) is 5.32 Å². The number of aliphatic hydroxyl groups is 1. The number of benzene rings is 1. The second-order valence-electron chi connectivity index (χ2n) is 7.78. The first-order valence-electron chi connectivity index (χ1n) is 9.36. The number of halogens is 2. The van der Waals surface area contributed by atoms with Crippen LogP contribution in [0.4, 0.5) is 5.69 Å². The summed E-state index contributed by atoms with van der Waals surface area (Å²) in [6.45, 7) is 11.0. The van der Waals surface area contributed by atoms with Gasteiger partial charge in [0, 0.05) is 18.1 Å². The molecule has 1 aromatic rings. The lowest BCUT2D eigenvalue weighted by molar-refractivity contribution is 0.163. The summed E-state index contributed by atoms with van der Waals surface area (Å²) in [4.78, 5) is 0. The molecule has 0 aliphatic heterocycles. The van der Waals surface area contributed by atoms with Gasteiger partial charge in [0.05, 0.1) is 21.8 Å². The summed E-state index contributed by atoms with van der Waals surface area (Å²) in [5.74, 6) is 0. The quantitative estimate of drug-likeness (QED) is 0.447. The number of nitrogens with one attached hydrogen (secondary N) is 2. The van der Waals surface area contributed by atoms with Gasteiger partial charge in [-0.2, -0.15) is 0 Å². The average Bonchev–Trinajstić information content (AvgIpc) is 2.52. The maximum atomic E-state index is 10.4. The summed E-state index contributed by atoms with van der Waals surface area (Å²) in [6.07, 6.45) is 5.03. The van der Waals surface area contributed by atoms with E-state index in [0.717, 1.165) is 30.5 Å². The molecule has 3 nitrogen and oxygen atoms in total. The van der Waals surface area contributed by atoms with Gasteiger partial charge in [-0.05, 0) is 51.3 Å². The molecule has 0 aromatic heterocycles. The molecular weight excluding hydrogens is 355 g/mol. The number of β-amino-alcohol motifs (C(OH)–C–C–N with tert-alkyl or cyclic N) is 1. The molecule has 144 valence electrons. The second-order valence-corrected chi connectivity index (χ2v) is 8.59. The molecule has 2 atom stereocenters. The van der Waals surface area contributed by atoms with Gasteiger partial charge in [-0.25, -0.2) is 0 Å². The first-order valence-corrected chi connectivity index (χ1v) is 10.1. The zero-order valence-electron chi connectivity index (χ0n) is 16.3. The highest BCUT2D eigenvalue weighted by molar-refractivity contribution is 6.39. The lowest BCUT2D eigenvalue weighted by Crippen LogP contribution is -2.38. The first kappa shape index (κ1) is 22.6. The second kappa shape index (κ2) is 10.6. The number of anilines is 1. The summed E-state index contributed by atoms with van der Waals surface area (Å²) >= 11 is 12.9. The standard InChI is InChI=1S/C20H34Cl2N2O/c1-6-8-10-15(9-7-2)24-19-16(21)11-14(12-17(19)22)18(25)13-23-20(3,4)5/h11-12,15,18,23-25H,6-10,13H2,1-5H3. The van der Waals surface area contributed by atoms with Crippen molar-refractivity contribution < 1.29 is 5.11 Å². The SMILES string of the molecule is CCCCC(CCC)Nc1c(Cl)cc(C(O)CNC(C)(C)C)cc1Cl. The van der Waals surface area contributed by atoms with Crippen LogP contribution in [0.15, 0.2) is 12.1 Å². The van der Waals surface area contributed by atoms with Gasteiger partial charge in [0.25, 0.3) is 0 Å². The minimum absolute atomic E-state index is 0.0529. The van der Waals surface area contributed by atoms with E-state index >= 15 is 0 Å². The van der Waals surface area contributed by atoms with Crippen LogP contribution in [0.1, 0.15) is 78.4 Å². The number of hydrogen-bond acceptors (Lipinski definition) is 3. The van der Waals surface area contributed by atoms with Gasteiger partial charge in [0.1, 0.15) is 0 Å². The van der Waals surface area contributed by atoms with Crippen LogP contribution in [0.3, 0.4) is 0 Å². The molecule has 0 radical (unpaired) electrons. The summed E-state index contributed by atoms with van der Waals surface area (Å²) < 4.78 is 0. The summed E-state index contributed by atoms with van der Waals surface area (Å²) in [5, 5.41) is 18.3. The molecule has 0 amide bonds. The van der Waals surface area contributed by atoms with Gasteiger partial charge in [-0.3, -0.25) is 0 Å². The van der Waals surface area contributed by atoms with E-state index in [1.165, 1.54) is 12.8 Å². The summed E-state index contributed by atoms with van der Waals surface area (Å²) in [7, 11) is 0. The van der Waals surface area contributed by atoms with Crippen LogP contribution in [-0.4, -0.2) is 23.2 Å². The van der Waals surface area contributed by atoms with Crippen molar-refractivity contribution in [3.8, 4) is 0 Å². The smallest absolute Gasteiger partial charge is 0.0915 e. The zero-order chi connectivity index (χ0) is 19.0. The molecule has 25 heavy (non-hydrogen) atoms. The maximum absolute atomic E-state index is 10.4. The van der Waals surface area contributed by atoms with Gasteiger partial charge in [0.15, 0.2) is 0 Å². The van der Waals surface area contributed by atoms with Crippen LogP contribution in [0.2, 0.25) is 10.0 Å². The number of aliphatic hydroxyl groups excluding tert-OH is 1. The molecule has 0 aliphatic rings. The minimum atomic E-state index is -0.644. The Morgan fingerprint density at radius 3 is 2.12 bits per heavy atom. The molecule has 2 unspecified atom stereocenters. The van der Waals surface area contributed by atoms with E-state index in [9.17, 15) is 5.11 Å². The fraction of sp³-hybridized carbons (Fsp3) is 0.700. The summed E-state index contributed by atoms with van der Waals surface area (Å²) in [5.41, 5.74) is 1.46. The molecule has 0 saturated heterocycles. The Balaban J connectivity index is 2.87. The van der Waals surface area contributed by atoms with Gasteiger partial charge in [-0.1, -0.05) is 56.3 Å². The zero-order valence-corrected chi connectivity index (χ0v) is 17.8. The van der Waals surface area contributed by atoms with Crippen LogP contribution < -0.4 is 10.6 Å². The Morgan fingerprint density at radius 1 is 1.04 bits per heavy atom. The molecule has 0 saturated carbocycles. The van der Waals surface area contributed by atoms with Gasteiger partial charge < -0.3 is 15.7 Å². The van der Waals surface area contributed by atoms with E-state index in [1.807, 2.05) is 12.1 Å². The molecule has 0 fully saturated rings. The molecule has 0 heterocycles. The predicted octanol–water partition coefficient (Wildman–Crippen LogP) is 6.19. The summed E-state index contributed by atoms with van der Waals surface area (Å²) in [6, 6.07) is 4.00. The number of hydrogen-bond donors (Lipinski definition) is 3. The number of unbranched alkanes of at least 4 members (excludes halogenated alkanes) is 1. The van der Waals surface area contributed by atoms with Crippen LogP contribution in [0, 0.1) is 0 Å². The maximum Gasteiger partial charge on any atom is 0.0915 e. The van der Waals surface area contributed by atoms with E-state index in [2.05, 4.69) is 45.3 Å². The Kier molecular flexibility index (Phi) is 9.58. The van der Waals surface area contributed by atoms with Gasteiger partial charge in [0.2, 0.25) is 0 Å². The molecule has 3 N–H and O–H groups in total. The average molecular weight is 389 g/mol. The lowest BCUT2D eigenvalue weighted by atomic mass is 10.0. The van der Waals surface area contributed by atoms with Crippen molar-refractivity contribution in [2.24, 2.45) is 0 Å². The van der Waals surface area contributed by atoms with Crippen molar-refractivity contribution in [1.29, 1.82) is 0 Å². The Bertz CT molecular complexity index is 506. The largest absolute Gasteiger partial charge is 0.387 e. The first-order chi connectivity index (χ1) is 11.7. The highest BCUT2D eigenvalue weighted by Gasteiger charge is 2.18. The molecule has 0 aliphatic carbocycles. The highest BCUT2D eigenvalue weighted by Crippen LogP contribution is 2.35. The van der Waals surface area contributed by atoms with Crippen molar-refractivity contribution in [2.75, 3.05) is 11.9 Å². The number of rotatable bonds is 10. The van der Waals surface area contributed by atoms with E-state index in [4.69, 9.17) is 23.2 Å². The highest BCUT2D eigenvalue weighted by atomic mass is 35.5. The molecule has 0 bridgehead atoms. The fourth-order valence-corrected chi connectivity index (χ4v) is 3.35. The normalized spacial score (nSPS) is 14.4. The Morgan fingerprint density at radius 2 is 1.64 bits per heavy atom. The van der Waals surface area contributed by atoms with Crippen LogP contribution in [-0.2, 0) is 0 Å².